The van der Waals surface area contributed by atoms with Crippen LogP contribution in [0.4, 0.5) is 0 Å². The van der Waals surface area contributed by atoms with E-state index in [1.807, 2.05) is 0 Å². The van der Waals surface area contributed by atoms with E-state index < -0.39 is 5.54 Å². The number of methoxy groups -OCH3 is 1. The van der Waals surface area contributed by atoms with E-state index in [1.165, 1.54) is 0 Å². The van der Waals surface area contributed by atoms with Crippen LogP contribution < -0.4 is 10.1 Å². The number of rotatable bonds is 3. The van der Waals surface area contributed by atoms with Crippen molar-refractivity contribution < 1.29 is 9.53 Å². The van der Waals surface area contributed by atoms with Gasteiger partial charge in [0.05, 0.1) is 12.6 Å². The lowest BCUT2D eigenvalue weighted by atomic mass is 10.1. The highest BCUT2D eigenvalue weighted by Crippen LogP contribution is 2.13. The minimum Gasteiger partial charge on any atom is -0.497 e. The minimum atomic E-state index is -0.653. The summed E-state index contributed by atoms with van der Waals surface area (Å²) in [7, 11) is 1.56. The zero-order chi connectivity index (χ0) is 12.2. The van der Waals surface area contributed by atoms with E-state index in [2.05, 4.69) is 11.2 Å². The van der Waals surface area contributed by atoms with Gasteiger partial charge in [0.1, 0.15) is 5.75 Å². The van der Waals surface area contributed by atoms with Gasteiger partial charge < -0.3 is 10.1 Å². The zero-order valence-corrected chi connectivity index (χ0v) is 9.70. The fourth-order valence-corrected chi connectivity index (χ4v) is 1.16. The van der Waals surface area contributed by atoms with E-state index in [-0.39, 0.29) is 5.91 Å². The third-order valence-corrected chi connectivity index (χ3v) is 2.12. The van der Waals surface area contributed by atoms with Crippen molar-refractivity contribution in [2.24, 2.45) is 0 Å². The molecule has 1 amide bonds. The van der Waals surface area contributed by atoms with Crippen LogP contribution in [-0.2, 0) is 0 Å². The molecule has 1 aromatic carbocycles. The van der Waals surface area contributed by atoms with Crippen molar-refractivity contribution in [1.82, 2.24) is 5.32 Å². The molecule has 1 rings (SSSR count). The predicted molar refractivity (Wildman–Crippen MR) is 63.4 cm³/mol. The molecule has 0 saturated heterocycles. The molecule has 0 saturated carbocycles. The summed E-state index contributed by atoms with van der Waals surface area (Å²) in [5.41, 5.74) is -0.122. The Bertz CT molecular complexity index is 430. The minimum absolute atomic E-state index is 0.207. The molecule has 0 aromatic heterocycles. The number of terminal acetylenes is 1. The van der Waals surface area contributed by atoms with Crippen molar-refractivity contribution in [3.63, 3.8) is 0 Å². The maximum Gasteiger partial charge on any atom is 0.252 e. The number of hydrogen-bond acceptors (Lipinski definition) is 2. The number of hydrogen-bond donors (Lipinski definition) is 1. The first-order valence-electron chi connectivity index (χ1n) is 4.93. The first kappa shape index (κ1) is 12.1. The third kappa shape index (κ3) is 3.03. The highest BCUT2D eigenvalue weighted by molar-refractivity contribution is 5.95. The first-order valence-corrected chi connectivity index (χ1v) is 4.93. The number of carbonyl (C=O) groups is 1. The van der Waals surface area contributed by atoms with E-state index in [0.717, 1.165) is 0 Å². The second-order valence-electron chi connectivity index (χ2n) is 3.96. The van der Waals surface area contributed by atoms with Gasteiger partial charge in [-0.1, -0.05) is 12.0 Å². The topological polar surface area (TPSA) is 38.3 Å². The molecule has 0 aliphatic rings. The molecule has 0 unspecified atom stereocenters. The highest BCUT2D eigenvalue weighted by atomic mass is 16.5. The van der Waals surface area contributed by atoms with Crippen LogP contribution in [0.15, 0.2) is 24.3 Å². The molecule has 84 valence electrons. The highest BCUT2D eigenvalue weighted by Gasteiger charge is 2.18. The Labute approximate surface area is 95.8 Å². The van der Waals surface area contributed by atoms with Crippen LogP contribution in [0.3, 0.4) is 0 Å². The quantitative estimate of drug-likeness (QED) is 0.784. The smallest absolute Gasteiger partial charge is 0.252 e. The lowest BCUT2D eigenvalue weighted by Crippen LogP contribution is -2.42. The Morgan fingerprint density at radius 2 is 2.19 bits per heavy atom. The molecule has 0 radical (unpaired) electrons. The average Bonchev–Trinajstić information content (AvgIpc) is 2.28. The van der Waals surface area contributed by atoms with Gasteiger partial charge in [-0.15, -0.1) is 6.42 Å². The van der Waals surface area contributed by atoms with Gasteiger partial charge in [-0.05, 0) is 32.0 Å². The van der Waals surface area contributed by atoms with Gasteiger partial charge in [-0.3, -0.25) is 4.79 Å². The molecule has 1 N–H and O–H groups in total. The van der Waals surface area contributed by atoms with E-state index in [9.17, 15) is 4.79 Å². The van der Waals surface area contributed by atoms with Crippen molar-refractivity contribution in [2.75, 3.05) is 7.11 Å². The molecule has 0 bridgehead atoms. The summed E-state index contributed by atoms with van der Waals surface area (Å²) in [6.07, 6.45) is 5.30. The Morgan fingerprint density at radius 3 is 2.75 bits per heavy atom. The van der Waals surface area contributed by atoms with Gasteiger partial charge in [0.15, 0.2) is 0 Å². The zero-order valence-electron chi connectivity index (χ0n) is 9.70. The Balaban J connectivity index is 2.86. The molecule has 1 aromatic rings. The second-order valence-corrected chi connectivity index (χ2v) is 3.96. The van der Waals surface area contributed by atoms with Crippen LogP contribution in [0, 0.1) is 12.3 Å². The van der Waals surface area contributed by atoms with Crippen LogP contribution in [0.5, 0.6) is 5.75 Å². The van der Waals surface area contributed by atoms with E-state index in [0.29, 0.717) is 11.3 Å². The van der Waals surface area contributed by atoms with Gasteiger partial charge >= 0.3 is 0 Å². The Morgan fingerprint density at radius 1 is 1.50 bits per heavy atom. The Hall–Kier alpha value is -1.95. The van der Waals surface area contributed by atoms with Gasteiger partial charge in [0, 0.05) is 5.56 Å². The standard InChI is InChI=1S/C13H15NO2/c1-5-13(2,3)14-12(15)10-7-6-8-11(9-10)16-4/h1,6-9H,2-4H3,(H,14,15). The van der Waals surface area contributed by atoms with Crippen molar-refractivity contribution in [3.05, 3.63) is 29.8 Å². The summed E-state index contributed by atoms with van der Waals surface area (Å²) in [5, 5.41) is 2.74. The van der Waals surface area contributed by atoms with Crippen LogP contribution in [0.2, 0.25) is 0 Å². The van der Waals surface area contributed by atoms with E-state index >= 15 is 0 Å². The summed E-state index contributed by atoms with van der Waals surface area (Å²) >= 11 is 0. The van der Waals surface area contributed by atoms with Gasteiger partial charge in [-0.2, -0.15) is 0 Å². The van der Waals surface area contributed by atoms with Crippen molar-refractivity contribution in [2.45, 2.75) is 19.4 Å². The lowest BCUT2D eigenvalue weighted by molar-refractivity contribution is 0.0929. The molecule has 0 aliphatic carbocycles. The predicted octanol–water partition coefficient (Wildman–Crippen LogP) is 1.84. The Kier molecular flexibility index (Phi) is 3.57. The fraction of sp³-hybridized carbons (Fsp3) is 0.308. The maximum absolute atomic E-state index is 11.8. The van der Waals surface area contributed by atoms with Crippen LogP contribution in [0.25, 0.3) is 0 Å². The van der Waals surface area contributed by atoms with E-state index in [1.54, 1.807) is 45.2 Å². The molecular formula is C13H15NO2. The van der Waals surface area contributed by atoms with Crippen molar-refractivity contribution >= 4 is 5.91 Å². The molecule has 3 heteroatoms. The lowest BCUT2D eigenvalue weighted by Gasteiger charge is -2.19. The number of carbonyl (C=O) groups excluding carboxylic acids is 1. The van der Waals surface area contributed by atoms with Gasteiger partial charge in [0.2, 0.25) is 0 Å². The van der Waals surface area contributed by atoms with Gasteiger partial charge in [0.25, 0.3) is 5.91 Å². The summed E-state index contributed by atoms with van der Waals surface area (Å²) in [5.74, 6) is 2.95. The summed E-state index contributed by atoms with van der Waals surface area (Å²) in [4.78, 5) is 11.8. The molecule has 3 nitrogen and oxygen atoms in total. The number of ether oxygens (including phenoxy) is 1. The second kappa shape index (κ2) is 4.71. The third-order valence-electron chi connectivity index (χ3n) is 2.12. The largest absolute Gasteiger partial charge is 0.497 e. The van der Waals surface area contributed by atoms with Crippen LogP contribution >= 0.6 is 0 Å². The first-order chi connectivity index (χ1) is 7.48. The molecular weight excluding hydrogens is 202 g/mol. The van der Waals surface area contributed by atoms with Gasteiger partial charge in [-0.25, -0.2) is 0 Å². The SMILES string of the molecule is C#CC(C)(C)NC(=O)c1cccc(OC)c1. The average molecular weight is 217 g/mol. The summed E-state index contributed by atoms with van der Waals surface area (Å²) in [6.45, 7) is 3.54. The molecule has 0 heterocycles. The van der Waals surface area contributed by atoms with Crippen molar-refractivity contribution in [3.8, 4) is 18.1 Å². The molecule has 0 spiro atoms. The van der Waals surface area contributed by atoms with Crippen LogP contribution in [-0.4, -0.2) is 18.6 Å². The monoisotopic (exact) mass is 217 g/mol. The molecule has 0 aliphatic heterocycles. The summed E-state index contributed by atoms with van der Waals surface area (Å²) in [6, 6.07) is 6.92. The number of nitrogens with one attached hydrogen (secondary N) is 1. The van der Waals surface area contributed by atoms with Crippen molar-refractivity contribution in [1.29, 1.82) is 0 Å². The molecule has 0 fully saturated rings. The molecule has 0 atom stereocenters. The fourth-order valence-electron chi connectivity index (χ4n) is 1.16. The van der Waals surface area contributed by atoms with E-state index in [4.69, 9.17) is 11.2 Å². The number of amides is 1. The normalized spacial score (nSPS) is 10.4. The maximum atomic E-state index is 11.8. The number of benzene rings is 1. The van der Waals surface area contributed by atoms with Crippen LogP contribution in [0.1, 0.15) is 24.2 Å². The molecule has 16 heavy (non-hydrogen) atoms. The summed E-state index contributed by atoms with van der Waals surface area (Å²) < 4.78 is 5.04.